The van der Waals surface area contributed by atoms with Crippen molar-refractivity contribution in [1.82, 2.24) is 15.3 Å². The number of aromatic nitrogens is 2. The van der Waals surface area contributed by atoms with Crippen molar-refractivity contribution >= 4 is 27.5 Å². The molecule has 1 N–H and O–H groups in total. The van der Waals surface area contributed by atoms with Crippen LogP contribution < -0.4 is 10.1 Å². The Morgan fingerprint density at radius 1 is 1.35 bits per heavy atom. The van der Waals surface area contributed by atoms with Crippen LogP contribution >= 0.6 is 27.5 Å². The Kier molecular flexibility index (Phi) is 5.76. The van der Waals surface area contributed by atoms with Crippen LogP contribution in [0.3, 0.4) is 0 Å². The summed E-state index contributed by atoms with van der Waals surface area (Å²) < 4.78 is 6.57. The van der Waals surface area contributed by atoms with Gasteiger partial charge in [-0.05, 0) is 31.2 Å². The van der Waals surface area contributed by atoms with Gasteiger partial charge >= 0.3 is 0 Å². The van der Waals surface area contributed by atoms with E-state index in [0.29, 0.717) is 23.2 Å². The average molecular weight is 357 g/mol. The third kappa shape index (κ3) is 4.44. The summed E-state index contributed by atoms with van der Waals surface area (Å²) in [5.74, 6) is 0.981. The number of hydrogen-bond donors (Lipinski definition) is 1. The van der Waals surface area contributed by atoms with Crippen LogP contribution in [0, 0.1) is 0 Å². The third-order valence-electron chi connectivity index (χ3n) is 2.50. The highest BCUT2D eigenvalue weighted by Crippen LogP contribution is 2.30. The molecule has 1 heterocycles. The molecule has 0 aliphatic carbocycles. The Labute approximate surface area is 131 Å². The molecule has 0 aliphatic rings. The fourth-order valence-corrected chi connectivity index (χ4v) is 2.08. The molecule has 0 saturated carbocycles. The van der Waals surface area contributed by atoms with Crippen molar-refractivity contribution < 1.29 is 4.74 Å². The quantitative estimate of drug-likeness (QED) is 0.789. The first-order chi connectivity index (χ1) is 9.69. The Bertz CT molecular complexity index is 580. The Morgan fingerprint density at radius 3 is 3.00 bits per heavy atom. The van der Waals surface area contributed by atoms with Crippen LogP contribution in [-0.4, -0.2) is 16.5 Å². The molecule has 0 amide bonds. The van der Waals surface area contributed by atoms with E-state index < -0.39 is 0 Å². The summed E-state index contributed by atoms with van der Waals surface area (Å²) in [6.07, 6.45) is 4.37. The van der Waals surface area contributed by atoms with Gasteiger partial charge in [0.2, 0.25) is 5.88 Å². The van der Waals surface area contributed by atoms with Gasteiger partial charge in [-0.2, -0.15) is 0 Å². The van der Waals surface area contributed by atoms with Gasteiger partial charge < -0.3 is 10.1 Å². The van der Waals surface area contributed by atoms with Crippen molar-refractivity contribution in [3.05, 3.63) is 45.8 Å². The lowest BCUT2D eigenvalue weighted by Gasteiger charge is -2.08. The molecule has 4 nitrogen and oxygen atoms in total. The Hall–Kier alpha value is -1.17. The molecule has 0 atom stereocenters. The molecular weight excluding hydrogens is 342 g/mol. The number of nitrogens with zero attached hydrogens (tertiary/aromatic N) is 2. The van der Waals surface area contributed by atoms with Crippen molar-refractivity contribution in [3.63, 3.8) is 0 Å². The van der Waals surface area contributed by atoms with Gasteiger partial charge in [0.05, 0.1) is 16.9 Å². The topological polar surface area (TPSA) is 47.0 Å². The summed E-state index contributed by atoms with van der Waals surface area (Å²) in [5.41, 5.74) is 0.835. The maximum absolute atomic E-state index is 6.08. The summed E-state index contributed by atoms with van der Waals surface area (Å²) in [7, 11) is 0. The second kappa shape index (κ2) is 7.57. The highest BCUT2D eigenvalue weighted by atomic mass is 79.9. The van der Waals surface area contributed by atoms with Crippen molar-refractivity contribution in [2.24, 2.45) is 0 Å². The van der Waals surface area contributed by atoms with Crippen LogP contribution in [0.1, 0.15) is 19.0 Å². The Morgan fingerprint density at radius 2 is 2.20 bits per heavy atom. The summed E-state index contributed by atoms with van der Waals surface area (Å²) in [6.45, 7) is 3.74. The standard InChI is InChI=1S/C14H15BrClN3O/c1-2-5-17-7-11-8-18-9-14(19-11)20-13-6-10(15)3-4-12(13)16/h3-4,6,8-9,17H,2,5,7H2,1H3. The van der Waals surface area contributed by atoms with E-state index in [1.54, 1.807) is 24.5 Å². The van der Waals surface area contributed by atoms with E-state index in [2.05, 4.69) is 38.1 Å². The van der Waals surface area contributed by atoms with Gasteiger partial charge in [0.15, 0.2) is 0 Å². The first kappa shape index (κ1) is 15.2. The van der Waals surface area contributed by atoms with Gasteiger partial charge in [0, 0.05) is 17.2 Å². The van der Waals surface area contributed by atoms with Gasteiger partial charge in [-0.1, -0.05) is 34.5 Å². The third-order valence-corrected chi connectivity index (χ3v) is 3.31. The molecule has 2 aromatic rings. The molecule has 1 aromatic heterocycles. The molecular formula is C14H15BrClN3O. The number of nitrogens with one attached hydrogen (secondary N) is 1. The Balaban J connectivity index is 2.09. The molecule has 6 heteroatoms. The molecule has 106 valence electrons. The number of halogens is 2. The van der Waals surface area contributed by atoms with E-state index in [9.17, 15) is 0 Å². The fourth-order valence-electron chi connectivity index (χ4n) is 1.58. The second-order valence-electron chi connectivity index (χ2n) is 4.20. The molecule has 2 rings (SSSR count). The number of ether oxygens (including phenoxy) is 1. The molecule has 1 aromatic carbocycles. The lowest BCUT2D eigenvalue weighted by molar-refractivity contribution is 0.456. The summed E-state index contributed by atoms with van der Waals surface area (Å²) in [5, 5.41) is 3.80. The fraction of sp³-hybridized carbons (Fsp3) is 0.286. The maximum Gasteiger partial charge on any atom is 0.238 e. The monoisotopic (exact) mass is 355 g/mol. The van der Waals surface area contributed by atoms with Gasteiger partial charge in [-0.15, -0.1) is 0 Å². The van der Waals surface area contributed by atoms with Gasteiger partial charge in [-0.3, -0.25) is 4.98 Å². The first-order valence-corrected chi connectivity index (χ1v) is 7.50. The van der Waals surface area contributed by atoms with E-state index in [-0.39, 0.29) is 0 Å². The highest BCUT2D eigenvalue weighted by Gasteiger charge is 2.06. The minimum absolute atomic E-state index is 0.431. The number of hydrogen-bond acceptors (Lipinski definition) is 4. The average Bonchev–Trinajstić information content (AvgIpc) is 2.44. The molecule has 0 fully saturated rings. The first-order valence-electron chi connectivity index (χ1n) is 6.33. The van der Waals surface area contributed by atoms with Crippen molar-refractivity contribution in [3.8, 4) is 11.6 Å². The largest absolute Gasteiger partial charge is 0.436 e. The predicted octanol–water partition coefficient (Wildman–Crippen LogP) is 4.18. The molecule has 20 heavy (non-hydrogen) atoms. The maximum atomic E-state index is 6.08. The van der Waals surface area contributed by atoms with E-state index in [0.717, 1.165) is 23.1 Å². The van der Waals surface area contributed by atoms with E-state index in [1.807, 2.05) is 6.07 Å². The van der Waals surface area contributed by atoms with Crippen LogP contribution in [0.4, 0.5) is 0 Å². The molecule has 0 aliphatic heterocycles. The van der Waals surface area contributed by atoms with Crippen LogP contribution in [-0.2, 0) is 6.54 Å². The zero-order valence-corrected chi connectivity index (χ0v) is 13.4. The lowest BCUT2D eigenvalue weighted by Crippen LogP contribution is -2.15. The SMILES string of the molecule is CCCNCc1cncc(Oc2cc(Br)ccc2Cl)n1. The van der Waals surface area contributed by atoms with Gasteiger partial charge in [-0.25, -0.2) is 4.98 Å². The van der Waals surface area contributed by atoms with Gasteiger partial charge in [0.25, 0.3) is 0 Å². The highest BCUT2D eigenvalue weighted by molar-refractivity contribution is 9.10. The number of benzene rings is 1. The smallest absolute Gasteiger partial charge is 0.238 e. The number of rotatable bonds is 6. The van der Waals surface area contributed by atoms with E-state index in [1.165, 1.54) is 0 Å². The molecule has 0 saturated heterocycles. The van der Waals surface area contributed by atoms with Gasteiger partial charge in [0.1, 0.15) is 5.75 Å². The molecule has 0 radical (unpaired) electrons. The molecule has 0 unspecified atom stereocenters. The van der Waals surface area contributed by atoms with Crippen molar-refractivity contribution in [2.75, 3.05) is 6.54 Å². The van der Waals surface area contributed by atoms with Crippen molar-refractivity contribution in [1.29, 1.82) is 0 Å². The molecule has 0 spiro atoms. The predicted molar refractivity (Wildman–Crippen MR) is 83.3 cm³/mol. The van der Waals surface area contributed by atoms with Crippen LogP contribution in [0.25, 0.3) is 0 Å². The van der Waals surface area contributed by atoms with E-state index >= 15 is 0 Å². The van der Waals surface area contributed by atoms with Crippen LogP contribution in [0.15, 0.2) is 35.1 Å². The zero-order chi connectivity index (χ0) is 14.4. The summed E-state index contributed by atoms with van der Waals surface area (Å²) in [6, 6.07) is 5.42. The van der Waals surface area contributed by atoms with Crippen LogP contribution in [0.5, 0.6) is 11.6 Å². The minimum Gasteiger partial charge on any atom is -0.436 e. The summed E-state index contributed by atoms with van der Waals surface area (Å²) in [4.78, 5) is 8.52. The normalized spacial score (nSPS) is 10.6. The minimum atomic E-state index is 0.431. The van der Waals surface area contributed by atoms with E-state index in [4.69, 9.17) is 16.3 Å². The zero-order valence-electron chi connectivity index (χ0n) is 11.1. The summed E-state index contributed by atoms with van der Waals surface area (Å²) >= 11 is 9.46. The molecule has 0 bridgehead atoms. The lowest BCUT2D eigenvalue weighted by atomic mass is 10.3. The van der Waals surface area contributed by atoms with Crippen LogP contribution in [0.2, 0.25) is 5.02 Å². The van der Waals surface area contributed by atoms with Crippen molar-refractivity contribution in [2.45, 2.75) is 19.9 Å². The second-order valence-corrected chi connectivity index (χ2v) is 5.53.